The minimum absolute atomic E-state index is 0.0426. The number of nitrogens with zero attached hydrogens (tertiary/aromatic N) is 1. The van der Waals surface area contributed by atoms with Gasteiger partial charge in [0.05, 0.1) is 5.56 Å². The zero-order valence-electron chi connectivity index (χ0n) is 10.4. The summed E-state index contributed by atoms with van der Waals surface area (Å²) in [6.07, 6.45) is -4.41. The van der Waals surface area contributed by atoms with Gasteiger partial charge < -0.3 is 4.90 Å². The highest BCUT2D eigenvalue weighted by Gasteiger charge is 2.40. The molecule has 1 aliphatic rings. The summed E-state index contributed by atoms with van der Waals surface area (Å²) >= 11 is 0. The van der Waals surface area contributed by atoms with Gasteiger partial charge in [-0.15, -0.1) is 0 Å². The first kappa shape index (κ1) is 12.9. The molecule has 0 spiro atoms. The van der Waals surface area contributed by atoms with Crippen molar-refractivity contribution in [2.24, 2.45) is 0 Å². The fraction of sp³-hybridized carbons (Fsp3) is 0.462. The Labute approximate surface area is 103 Å². The molecule has 1 amide bonds. The van der Waals surface area contributed by atoms with Gasteiger partial charge in [0.1, 0.15) is 0 Å². The first-order chi connectivity index (χ1) is 8.21. The van der Waals surface area contributed by atoms with Crippen LogP contribution in [0.3, 0.4) is 0 Å². The molecule has 0 aliphatic carbocycles. The maximum atomic E-state index is 12.9. The number of alkyl halides is 3. The van der Waals surface area contributed by atoms with Crippen LogP contribution in [0, 0.1) is 6.92 Å². The summed E-state index contributed by atoms with van der Waals surface area (Å²) in [5.74, 6) is -0.311. The first-order valence-corrected chi connectivity index (χ1v) is 5.73. The summed E-state index contributed by atoms with van der Waals surface area (Å²) in [6, 6.07) is 2.54. The van der Waals surface area contributed by atoms with Crippen molar-refractivity contribution in [3.8, 4) is 0 Å². The summed E-state index contributed by atoms with van der Waals surface area (Å²) in [6.45, 7) is 5.20. The second-order valence-corrected chi connectivity index (χ2v) is 4.86. The highest BCUT2D eigenvalue weighted by molar-refractivity contribution is 5.99. The van der Waals surface area contributed by atoms with E-state index in [1.54, 1.807) is 20.8 Å². The molecule has 0 fully saturated rings. The average molecular weight is 257 g/mol. The van der Waals surface area contributed by atoms with Crippen molar-refractivity contribution >= 4 is 5.91 Å². The van der Waals surface area contributed by atoms with E-state index in [4.69, 9.17) is 0 Å². The van der Waals surface area contributed by atoms with Crippen LogP contribution in [0.2, 0.25) is 0 Å². The number of carbonyl (C=O) groups is 1. The quantitative estimate of drug-likeness (QED) is 0.755. The number of hydrogen-bond donors (Lipinski definition) is 0. The van der Waals surface area contributed by atoms with Crippen molar-refractivity contribution in [1.82, 2.24) is 4.90 Å². The Morgan fingerprint density at radius 2 is 1.89 bits per heavy atom. The van der Waals surface area contributed by atoms with Gasteiger partial charge in [0, 0.05) is 18.2 Å². The van der Waals surface area contributed by atoms with Gasteiger partial charge >= 0.3 is 6.18 Å². The van der Waals surface area contributed by atoms with E-state index in [0.717, 1.165) is 6.07 Å². The Morgan fingerprint density at radius 1 is 1.28 bits per heavy atom. The molecule has 2 nitrogen and oxygen atoms in total. The molecule has 1 aromatic carbocycles. The number of amides is 1. The van der Waals surface area contributed by atoms with Gasteiger partial charge in [0.15, 0.2) is 0 Å². The monoisotopic (exact) mass is 257 g/mol. The number of aryl methyl sites for hydroxylation is 1. The van der Waals surface area contributed by atoms with E-state index in [2.05, 4.69) is 0 Å². The van der Waals surface area contributed by atoms with Gasteiger partial charge in [-0.1, -0.05) is 0 Å². The molecule has 0 unspecified atom stereocenters. The summed E-state index contributed by atoms with van der Waals surface area (Å²) in [5.41, 5.74) is 0.0665. The maximum absolute atomic E-state index is 12.9. The van der Waals surface area contributed by atoms with Crippen LogP contribution in [0.15, 0.2) is 12.1 Å². The number of fused-ring (bicyclic) bond motifs is 1. The normalized spacial score (nSPS) is 15.5. The second-order valence-electron chi connectivity index (χ2n) is 4.86. The van der Waals surface area contributed by atoms with Crippen LogP contribution >= 0.6 is 0 Å². The fourth-order valence-corrected chi connectivity index (χ4v) is 2.24. The summed E-state index contributed by atoms with van der Waals surface area (Å²) in [7, 11) is 0. The van der Waals surface area contributed by atoms with E-state index in [1.807, 2.05) is 0 Å². The molecular formula is C13H14F3NO. The summed E-state index contributed by atoms with van der Waals surface area (Å²) < 4.78 is 38.8. The number of benzene rings is 1. The molecule has 0 saturated carbocycles. The van der Waals surface area contributed by atoms with Crippen LogP contribution in [0.5, 0.6) is 0 Å². The van der Waals surface area contributed by atoms with E-state index in [0.29, 0.717) is 5.56 Å². The molecule has 18 heavy (non-hydrogen) atoms. The fourth-order valence-electron chi connectivity index (χ4n) is 2.24. The Balaban J connectivity index is 2.59. The second kappa shape index (κ2) is 4.00. The molecule has 0 N–H and O–H groups in total. The van der Waals surface area contributed by atoms with Gasteiger partial charge in [-0.05, 0) is 44.0 Å². The number of halogens is 3. The van der Waals surface area contributed by atoms with Crippen molar-refractivity contribution in [3.05, 3.63) is 34.4 Å². The van der Waals surface area contributed by atoms with Crippen LogP contribution < -0.4 is 0 Å². The van der Waals surface area contributed by atoms with Crippen molar-refractivity contribution < 1.29 is 18.0 Å². The molecule has 0 atom stereocenters. The lowest BCUT2D eigenvalue weighted by Gasteiger charge is -2.20. The topological polar surface area (TPSA) is 20.3 Å². The molecule has 5 heteroatoms. The van der Waals surface area contributed by atoms with Crippen molar-refractivity contribution in [3.63, 3.8) is 0 Å². The van der Waals surface area contributed by atoms with Crippen LogP contribution in [0.4, 0.5) is 13.2 Å². The third-order valence-corrected chi connectivity index (χ3v) is 3.14. The molecule has 0 bridgehead atoms. The van der Waals surface area contributed by atoms with Crippen LogP contribution in [0.25, 0.3) is 0 Å². The smallest absolute Gasteiger partial charge is 0.332 e. The molecule has 0 radical (unpaired) electrons. The van der Waals surface area contributed by atoms with E-state index in [1.165, 1.54) is 11.0 Å². The average Bonchev–Trinajstić information content (AvgIpc) is 2.54. The predicted octanol–water partition coefficient (Wildman–Crippen LogP) is 3.38. The Bertz CT molecular complexity index is 506. The SMILES string of the molecule is Cc1cc2c(c(C(F)(F)F)c1)CN(C(C)C)C2=O. The van der Waals surface area contributed by atoms with Crippen molar-refractivity contribution in [1.29, 1.82) is 0 Å². The molecule has 2 rings (SSSR count). The van der Waals surface area contributed by atoms with Gasteiger partial charge in [0.25, 0.3) is 5.91 Å². The summed E-state index contributed by atoms with van der Waals surface area (Å²) in [4.78, 5) is 13.5. The summed E-state index contributed by atoms with van der Waals surface area (Å²) in [5, 5.41) is 0. The zero-order valence-corrected chi connectivity index (χ0v) is 10.4. The van der Waals surface area contributed by atoms with Crippen molar-refractivity contribution in [2.45, 2.75) is 39.5 Å². The van der Waals surface area contributed by atoms with E-state index < -0.39 is 11.7 Å². The lowest BCUT2D eigenvalue weighted by molar-refractivity contribution is -0.138. The van der Waals surface area contributed by atoms with Gasteiger partial charge in [0.2, 0.25) is 0 Å². The first-order valence-electron chi connectivity index (χ1n) is 5.73. The van der Waals surface area contributed by atoms with Crippen LogP contribution in [0.1, 0.15) is 40.9 Å². The Kier molecular flexibility index (Phi) is 2.87. The molecule has 1 aromatic rings. The van der Waals surface area contributed by atoms with Crippen LogP contribution in [-0.2, 0) is 12.7 Å². The number of rotatable bonds is 1. The third kappa shape index (κ3) is 1.98. The molecule has 1 aliphatic heterocycles. The Morgan fingerprint density at radius 3 is 2.39 bits per heavy atom. The molecule has 98 valence electrons. The maximum Gasteiger partial charge on any atom is 0.416 e. The molecule has 1 heterocycles. The highest BCUT2D eigenvalue weighted by Crippen LogP contribution is 2.38. The lowest BCUT2D eigenvalue weighted by Crippen LogP contribution is -2.30. The zero-order chi connectivity index (χ0) is 13.7. The Hall–Kier alpha value is -1.52. The van der Waals surface area contributed by atoms with Crippen molar-refractivity contribution in [2.75, 3.05) is 0 Å². The van der Waals surface area contributed by atoms with E-state index >= 15 is 0 Å². The molecule has 0 saturated heterocycles. The van der Waals surface area contributed by atoms with Gasteiger partial charge in [-0.25, -0.2) is 0 Å². The molecule has 0 aromatic heterocycles. The van der Waals surface area contributed by atoms with Gasteiger partial charge in [-0.2, -0.15) is 13.2 Å². The number of carbonyl (C=O) groups excluding carboxylic acids is 1. The van der Waals surface area contributed by atoms with E-state index in [-0.39, 0.29) is 29.6 Å². The third-order valence-electron chi connectivity index (χ3n) is 3.14. The standard InChI is InChI=1S/C13H14F3NO/c1-7(2)17-6-10-9(12(17)18)4-8(3)5-11(10)13(14,15)16/h4-5,7H,6H2,1-3H3. The van der Waals surface area contributed by atoms with E-state index in [9.17, 15) is 18.0 Å². The lowest BCUT2D eigenvalue weighted by atomic mass is 9.99. The minimum Gasteiger partial charge on any atom is -0.332 e. The highest BCUT2D eigenvalue weighted by atomic mass is 19.4. The molecular weight excluding hydrogens is 243 g/mol. The van der Waals surface area contributed by atoms with Gasteiger partial charge in [-0.3, -0.25) is 4.79 Å². The number of hydrogen-bond acceptors (Lipinski definition) is 1. The predicted molar refractivity (Wildman–Crippen MR) is 61.2 cm³/mol. The minimum atomic E-state index is -4.41. The largest absolute Gasteiger partial charge is 0.416 e. The van der Waals surface area contributed by atoms with Crippen LogP contribution in [-0.4, -0.2) is 16.8 Å².